The first-order chi connectivity index (χ1) is 39.5. The van der Waals surface area contributed by atoms with Gasteiger partial charge in [0.1, 0.15) is 22.2 Å². The third-order valence-corrected chi connectivity index (χ3v) is 10.5. The Morgan fingerprint density at radius 1 is 0.651 bits per heavy atom. The molecule has 0 saturated carbocycles. The van der Waals surface area contributed by atoms with Gasteiger partial charge in [0.25, 0.3) is 30.1 Å². The van der Waals surface area contributed by atoms with Crippen LogP contribution in [0.3, 0.4) is 0 Å². The van der Waals surface area contributed by atoms with Gasteiger partial charge in [-0.05, 0) is 79.0 Å². The molecular formula is C49H52K2N24O6S2. The third-order valence-electron chi connectivity index (χ3n) is 10.2. The zero-order valence-electron chi connectivity index (χ0n) is 44.7. The number of nitrogens with zero attached hydrogens (tertiary/aromatic N) is 11. The molecule has 4 aromatic carbocycles. The van der Waals surface area contributed by atoms with Crippen molar-refractivity contribution in [3.63, 3.8) is 0 Å². The van der Waals surface area contributed by atoms with Crippen LogP contribution >= 0.6 is 24.4 Å². The van der Waals surface area contributed by atoms with Crippen LogP contribution in [0.15, 0.2) is 151 Å². The maximum Gasteiger partial charge on any atom is 1.00 e. The normalized spacial score (nSPS) is 10.4. The zero-order chi connectivity index (χ0) is 57.9. The number of carbonyl (C=O) groups is 4. The van der Waals surface area contributed by atoms with E-state index >= 15 is 0 Å². The minimum Gasteiger partial charge on any atom is -1.00 e. The molecule has 0 atom stereocenters. The molecule has 418 valence electrons. The standard InChI is InChI=1S/C15H11N7.C9H8N6.C9H6N4S.C8H5NO2.C6H5NO.CH5N3S.CH2O3.2K.H4N2.3H2.H/c1-2-7-12-11(6-1)13-14(18-12)19-15(22-20-13)21-17-9-10-5-3-4-8-16-10;10-13-9-12-8-7(14-15-9)5-3-1-2-4-6(5)11-8;14-9-11-8-7(12-13-9)5-3-1-2-4-6(5)10-8;10-7-5-3-1-2-4-6(5)9-8(7)11;8-5-6-3-1-2-4-7-6;2-1(5)4-3;2-1-4-3;;;1-2;;;;/h1-9H,(H2,18,19,21,22);1-4H,10H2,(H2,11,12,13,15);1-4H,(H2,10,11,13,14);1-4H,(H,9,10,11);1-5H;3H2,(H3,2,4,5);1,3H;;;1-2H2;3*1H;/q;;;;;;;2*+1;;;;;-1/p-1/b17-9+;;;;;;;;;;;;;/i;;;;;;;;;;3*1+1;. The van der Waals surface area contributed by atoms with E-state index in [1.54, 1.807) is 61.1 Å². The Balaban J connectivity index is 0.00000103. The molecule has 0 fully saturated rings. The molecule has 83 heavy (non-hydrogen) atoms. The van der Waals surface area contributed by atoms with Crippen LogP contribution in [0.4, 0.5) is 17.6 Å². The maximum atomic E-state index is 11.0. The molecule has 13 rings (SSSR count). The van der Waals surface area contributed by atoms with Crippen LogP contribution in [0.2, 0.25) is 0 Å². The number of para-hydroxylation sites is 4. The van der Waals surface area contributed by atoms with E-state index in [1.165, 1.54) is 0 Å². The molecule has 9 heterocycles. The van der Waals surface area contributed by atoms with Gasteiger partial charge in [-0.25, -0.2) is 17.1 Å². The van der Waals surface area contributed by atoms with Crippen molar-refractivity contribution in [1.29, 1.82) is 0 Å². The molecule has 0 aliphatic carbocycles. The van der Waals surface area contributed by atoms with Gasteiger partial charge >= 0.3 is 103 Å². The summed E-state index contributed by atoms with van der Waals surface area (Å²) in [4.78, 5) is 73.0. The average molecular weight is 1220 g/mol. The molecule has 34 heteroatoms. The summed E-state index contributed by atoms with van der Waals surface area (Å²) in [5.74, 6) is 17.5. The summed E-state index contributed by atoms with van der Waals surface area (Å²) >= 11 is 9.13. The number of nitrogens with one attached hydrogen (secondary N) is 8. The molecule has 0 unspecified atom stereocenters. The molecule has 0 spiro atoms. The number of thiocarbonyl (C=S) groups is 1. The van der Waals surface area contributed by atoms with Crippen LogP contribution in [0.5, 0.6) is 0 Å². The SMILES string of the molecule is C(=N\Nc1nnc2c(n1)[nH]c1ccccc12)/c1ccccn1.NN.NNC(N)=S.NNc1nnc2c(n1)[nH]c1ccccc12.O=C1Nc2ccccc2C1=O.O=CO[O-].O=Cc1ccccn1.S=c1nc2[nH]c3ccccc3c2n[nH]1.[2HH].[2HH].[2HH].[H-].[K+].[K+]. The van der Waals surface area contributed by atoms with E-state index in [0.29, 0.717) is 44.9 Å². The summed E-state index contributed by atoms with van der Waals surface area (Å²) in [6.07, 6.45) is 5.61. The monoisotopic (exact) mass is 1220 g/mol. The van der Waals surface area contributed by atoms with Gasteiger partial charge in [-0.2, -0.15) is 25.2 Å². The van der Waals surface area contributed by atoms with Gasteiger partial charge < -0.3 is 43.0 Å². The van der Waals surface area contributed by atoms with Crippen molar-refractivity contribution in [2.75, 3.05) is 16.2 Å². The number of hydrazine groups is 3. The second-order valence-corrected chi connectivity index (χ2v) is 16.0. The topological polar surface area (TPSA) is 483 Å². The molecular weight excluding hydrogens is 1160 g/mol. The Kier molecular flexibility index (Phi) is 29.2. The fourth-order valence-corrected chi connectivity index (χ4v) is 6.97. The Bertz CT molecular complexity index is 4160. The predicted molar refractivity (Wildman–Crippen MR) is 314 cm³/mol. The average Bonchev–Trinajstić information content (AvgIpc) is 2.96. The van der Waals surface area contributed by atoms with Crippen LogP contribution in [0, 0.1) is 4.77 Å². The number of nitrogen functional groups attached to an aromatic ring is 1. The van der Waals surface area contributed by atoms with E-state index in [-0.39, 0.29) is 120 Å². The molecule has 0 saturated heterocycles. The number of hydrazone groups is 1. The number of nitrogens with two attached hydrogens (primary N) is 5. The fourth-order valence-electron chi connectivity index (χ4n) is 6.83. The number of ketones is 1. The fraction of sp³-hybridized carbons (Fsp3) is 0. The predicted octanol–water partition coefficient (Wildman–Crippen LogP) is -2.17. The Hall–Kier alpha value is -7.86. The summed E-state index contributed by atoms with van der Waals surface area (Å²) < 4.78 is 0.393. The van der Waals surface area contributed by atoms with Crippen LogP contribution in [-0.2, 0) is 14.5 Å². The van der Waals surface area contributed by atoms with Crippen molar-refractivity contribution in [3.05, 3.63) is 168 Å². The van der Waals surface area contributed by atoms with Gasteiger partial charge in [-0.3, -0.25) is 51.4 Å². The number of carbonyl (C=O) groups excluding carboxylic acids is 4. The van der Waals surface area contributed by atoms with Gasteiger partial charge in [-0.1, -0.05) is 78.9 Å². The molecule has 8 aromatic heterocycles. The Morgan fingerprint density at radius 3 is 1.58 bits per heavy atom. The molecule has 12 aromatic rings. The number of aromatic nitrogens is 14. The van der Waals surface area contributed by atoms with E-state index < -0.39 is 11.7 Å². The van der Waals surface area contributed by atoms with Gasteiger partial charge in [0.05, 0.1) is 23.2 Å². The third kappa shape index (κ3) is 19.6. The number of fused-ring (bicyclic) bond motifs is 10. The van der Waals surface area contributed by atoms with Crippen LogP contribution in [0.1, 0.15) is 32.2 Å². The quantitative estimate of drug-likeness (QED) is 0.0123. The molecule has 1 aliphatic rings. The van der Waals surface area contributed by atoms with Crippen LogP contribution in [0.25, 0.3) is 66.2 Å². The maximum absolute atomic E-state index is 11.0. The molecule has 1 aliphatic heterocycles. The van der Waals surface area contributed by atoms with E-state index in [1.807, 2.05) is 96.4 Å². The first-order valence-electron chi connectivity index (χ1n) is 22.9. The second kappa shape index (κ2) is 35.9. The van der Waals surface area contributed by atoms with Crippen LogP contribution < -0.4 is 159 Å². The van der Waals surface area contributed by atoms with Gasteiger partial charge in [0.2, 0.25) is 4.77 Å². The van der Waals surface area contributed by atoms with E-state index in [9.17, 15) is 14.4 Å². The van der Waals surface area contributed by atoms with Crippen molar-refractivity contribution in [1.82, 2.24) is 75.9 Å². The molecule has 1 amide bonds. The molecule has 18 N–H and O–H groups in total. The first kappa shape index (κ1) is 67.6. The van der Waals surface area contributed by atoms with Crippen LogP contribution in [-0.4, -0.2) is 106 Å². The smallest absolute Gasteiger partial charge is 1.00 e. The number of hydrogen-bond donors (Lipinski definition) is 13. The molecule has 30 nitrogen and oxygen atoms in total. The van der Waals surface area contributed by atoms with Crippen molar-refractivity contribution in [3.8, 4) is 0 Å². The summed E-state index contributed by atoms with van der Waals surface area (Å²) in [6.45, 7) is -0.181. The minimum atomic E-state index is -0.536. The molecule has 0 radical (unpaired) electrons. The van der Waals surface area contributed by atoms with Crippen molar-refractivity contribution in [2.24, 2.45) is 34.2 Å². The number of anilines is 3. The van der Waals surface area contributed by atoms with E-state index in [2.05, 4.69) is 126 Å². The largest absolute Gasteiger partial charge is 1.00 e. The van der Waals surface area contributed by atoms with E-state index in [4.69, 9.17) is 33.8 Å². The van der Waals surface area contributed by atoms with Gasteiger partial charge in [0, 0.05) is 49.4 Å². The van der Waals surface area contributed by atoms with Gasteiger partial charge in [0.15, 0.2) is 28.3 Å². The number of pyridine rings is 2. The van der Waals surface area contributed by atoms with E-state index in [0.717, 1.165) is 66.9 Å². The van der Waals surface area contributed by atoms with Crippen molar-refractivity contribution < 1.29 is 138 Å². The van der Waals surface area contributed by atoms with Gasteiger partial charge in [-0.15, -0.1) is 20.4 Å². The number of Topliss-reactive ketones (excluding diaryl/α,β-unsaturated/α-hetero) is 1. The van der Waals surface area contributed by atoms with Crippen molar-refractivity contribution >= 4 is 144 Å². The minimum absolute atomic E-state index is 0. The number of amides is 1. The number of aldehydes is 1. The first-order valence-corrected chi connectivity index (χ1v) is 23.7. The molecule has 0 bridgehead atoms. The zero-order valence-corrected chi connectivity index (χ0v) is 51.5. The number of hydrogen-bond acceptors (Lipinski definition) is 25. The summed E-state index contributed by atoms with van der Waals surface area (Å²) in [5, 5.41) is 41.1. The summed E-state index contributed by atoms with van der Waals surface area (Å²) in [7, 11) is 0. The summed E-state index contributed by atoms with van der Waals surface area (Å²) in [5.41, 5.74) is 21.7. The second-order valence-electron chi connectivity index (χ2n) is 15.2. The summed E-state index contributed by atoms with van der Waals surface area (Å²) in [6, 6.07) is 41.3. The Morgan fingerprint density at radius 2 is 1.11 bits per heavy atom. The number of benzene rings is 4. The number of rotatable bonds is 6. The number of aromatic amines is 4. The number of H-pyrrole nitrogens is 4. The van der Waals surface area contributed by atoms with Crippen molar-refractivity contribution in [2.45, 2.75) is 0 Å². The Labute approximate surface area is 569 Å².